The van der Waals surface area contributed by atoms with Crippen LogP contribution in [0, 0.1) is 5.92 Å². The van der Waals surface area contributed by atoms with E-state index in [9.17, 15) is 4.79 Å². The molecule has 0 aromatic heterocycles. The van der Waals surface area contributed by atoms with Crippen molar-refractivity contribution in [3.63, 3.8) is 0 Å². The van der Waals surface area contributed by atoms with E-state index in [0.717, 1.165) is 25.9 Å². The third-order valence-corrected chi connectivity index (χ3v) is 3.08. The van der Waals surface area contributed by atoms with Crippen LogP contribution in [-0.4, -0.2) is 29.9 Å². The second-order valence-electron chi connectivity index (χ2n) is 4.49. The highest BCUT2D eigenvalue weighted by Gasteiger charge is 2.27. The molecule has 0 bridgehead atoms. The number of carbonyl (C=O) groups excluding carboxylic acids is 1. The first-order chi connectivity index (χ1) is 7.16. The first kappa shape index (κ1) is 10.4. The molecular weight excluding hydrogens is 188 g/mol. The summed E-state index contributed by atoms with van der Waals surface area (Å²) in [6, 6.07) is 0.0698. The van der Waals surface area contributed by atoms with Gasteiger partial charge >= 0.3 is 0 Å². The zero-order chi connectivity index (χ0) is 10.8. The molecule has 0 aromatic carbocycles. The van der Waals surface area contributed by atoms with Gasteiger partial charge in [0.2, 0.25) is 5.91 Å². The summed E-state index contributed by atoms with van der Waals surface area (Å²) in [5.41, 5.74) is 7.04. The number of rotatable bonds is 1. The quantitative estimate of drug-likeness (QED) is 0.652. The van der Waals surface area contributed by atoms with Gasteiger partial charge in [0.05, 0.1) is 5.92 Å². The van der Waals surface area contributed by atoms with Gasteiger partial charge in [-0.2, -0.15) is 0 Å². The van der Waals surface area contributed by atoms with Gasteiger partial charge in [-0.15, -0.1) is 0 Å². The summed E-state index contributed by atoms with van der Waals surface area (Å²) in [5.74, 6) is 0.262. The van der Waals surface area contributed by atoms with Gasteiger partial charge in [0.25, 0.3) is 0 Å². The molecule has 1 aliphatic carbocycles. The fraction of sp³-hybridized carbons (Fsp3) is 0.583. The van der Waals surface area contributed by atoms with Gasteiger partial charge in [-0.05, 0) is 19.8 Å². The van der Waals surface area contributed by atoms with Crippen molar-refractivity contribution >= 4 is 5.91 Å². The Bertz CT molecular complexity index is 320. The monoisotopic (exact) mass is 206 g/mol. The molecule has 2 unspecified atom stereocenters. The standard InChI is InChI=1S/C12H18N2O/c1-9-3-2-6-14(8-9)12(15)10-4-5-11(13)7-10/h3-5,10-11H,2,6-8,13H2,1H3. The number of hydrogen-bond donors (Lipinski definition) is 1. The van der Waals surface area contributed by atoms with E-state index in [-0.39, 0.29) is 17.9 Å². The molecule has 0 spiro atoms. The smallest absolute Gasteiger partial charge is 0.229 e. The van der Waals surface area contributed by atoms with E-state index in [1.165, 1.54) is 5.57 Å². The highest BCUT2D eigenvalue weighted by atomic mass is 16.2. The van der Waals surface area contributed by atoms with Crippen LogP contribution < -0.4 is 5.73 Å². The fourth-order valence-corrected chi connectivity index (χ4v) is 2.24. The summed E-state index contributed by atoms with van der Waals surface area (Å²) in [7, 11) is 0. The van der Waals surface area contributed by atoms with Crippen LogP contribution in [0.5, 0.6) is 0 Å². The Morgan fingerprint density at radius 3 is 2.93 bits per heavy atom. The van der Waals surface area contributed by atoms with Gasteiger partial charge in [0, 0.05) is 19.1 Å². The number of hydrogen-bond acceptors (Lipinski definition) is 2. The molecule has 0 fully saturated rings. The fourth-order valence-electron chi connectivity index (χ4n) is 2.24. The average molecular weight is 206 g/mol. The molecule has 82 valence electrons. The van der Waals surface area contributed by atoms with Gasteiger partial charge in [-0.3, -0.25) is 4.79 Å². The molecule has 1 aliphatic heterocycles. The normalized spacial score (nSPS) is 30.5. The first-order valence-electron chi connectivity index (χ1n) is 5.55. The van der Waals surface area contributed by atoms with Gasteiger partial charge in [0.1, 0.15) is 0 Å². The summed E-state index contributed by atoms with van der Waals surface area (Å²) >= 11 is 0. The van der Waals surface area contributed by atoms with Gasteiger partial charge < -0.3 is 10.6 Å². The number of amides is 1. The molecule has 2 N–H and O–H groups in total. The van der Waals surface area contributed by atoms with E-state index in [2.05, 4.69) is 13.0 Å². The second kappa shape index (κ2) is 4.19. The van der Waals surface area contributed by atoms with Gasteiger partial charge in [0.15, 0.2) is 0 Å². The predicted octanol–water partition coefficient (Wildman–Crippen LogP) is 1.07. The lowest BCUT2D eigenvalue weighted by Gasteiger charge is -2.28. The van der Waals surface area contributed by atoms with Crippen LogP contribution in [0.1, 0.15) is 19.8 Å². The summed E-state index contributed by atoms with van der Waals surface area (Å²) in [6.07, 6.45) is 7.87. The molecule has 2 atom stereocenters. The lowest BCUT2D eigenvalue weighted by molar-refractivity contribution is -0.133. The molecule has 0 radical (unpaired) electrons. The molecule has 3 nitrogen and oxygen atoms in total. The van der Waals surface area contributed by atoms with Crippen molar-refractivity contribution in [3.8, 4) is 0 Å². The van der Waals surface area contributed by atoms with Crippen molar-refractivity contribution in [1.29, 1.82) is 0 Å². The summed E-state index contributed by atoms with van der Waals surface area (Å²) in [6.45, 7) is 3.73. The number of nitrogens with two attached hydrogens (primary N) is 1. The maximum atomic E-state index is 12.1. The van der Waals surface area contributed by atoms with Crippen LogP contribution in [0.3, 0.4) is 0 Å². The Morgan fingerprint density at radius 2 is 2.33 bits per heavy atom. The molecule has 0 aromatic rings. The second-order valence-corrected chi connectivity index (χ2v) is 4.49. The van der Waals surface area contributed by atoms with Gasteiger partial charge in [-0.25, -0.2) is 0 Å². The molecule has 3 heteroatoms. The Kier molecular flexibility index (Phi) is 2.91. The van der Waals surface area contributed by atoms with E-state index < -0.39 is 0 Å². The SMILES string of the molecule is CC1=CCCN(C(=O)C2C=CC(N)C2)C1. The summed E-state index contributed by atoms with van der Waals surface area (Å²) < 4.78 is 0. The van der Waals surface area contributed by atoms with Gasteiger partial charge in [-0.1, -0.05) is 23.8 Å². The lowest BCUT2D eigenvalue weighted by Crippen LogP contribution is -2.39. The van der Waals surface area contributed by atoms with E-state index in [1.54, 1.807) is 0 Å². The minimum absolute atomic E-state index is 0.0194. The number of carbonyl (C=O) groups is 1. The Hall–Kier alpha value is -1.09. The predicted molar refractivity (Wildman–Crippen MR) is 60.2 cm³/mol. The molecule has 1 heterocycles. The topological polar surface area (TPSA) is 46.3 Å². The molecule has 0 saturated carbocycles. The molecule has 15 heavy (non-hydrogen) atoms. The molecule has 0 saturated heterocycles. The zero-order valence-corrected chi connectivity index (χ0v) is 9.15. The molecular formula is C12H18N2O. The number of nitrogens with zero attached hydrogens (tertiary/aromatic N) is 1. The Balaban J connectivity index is 1.97. The lowest BCUT2D eigenvalue weighted by atomic mass is 10.0. The van der Waals surface area contributed by atoms with Crippen molar-refractivity contribution in [2.75, 3.05) is 13.1 Å². The van der Waals surface area contributed by atoms with E-state index in [1.807, 2.05) is 17.1 Å². The first-order valence-corrected chi connectivity index (χ1v) is 5.55. The molecule has 1 amide bonds. The Labute approximate surface area is 90.6 Å². The highest BCUT2D eigenvalue weighted by Crippen LogP contribution is 2.21. The van der Waals surface area contributed by atoms with Crippen LogP contribution in [0.25, 0.3) is 0 Å². The zero-order valence-electron chi connectivity index (χ0n) is 9.15. The molecule has 2 rings (SSSR count). The van der Waals surface area contributed by atoms with Crippen LogP contribution >= 0.6 is 0 Å². The average Bonchev–Trinajstić information content (AvgIpc) is 2.64. The van der Waals surface area contributed by atoms with Crippen molar-refractivity contribution in [2.24, 2.45) is 11.7 Å². The Morgan fingerprint density at radius 1 is 1.53 bits per heavy atom. The minimum atomic E-state index is 0.0194. The van der Waals surface area contributed by atoms with Crippen LogP contribution in [0.2, 0.25) is 0 Å². The minimum Gasteiger partial charge on any atom is -0.338 e. The van der Waals surface area contributed by atoms with E-state index in [4.69, 9.17) is 5.73 Å². The van der Waals surface area contributed by atoms with Crippen molar-refractivity contribution in [3.05, 3.63) is 23.8 Å². The third kappa shape index (κ3) is 2.29. The van der Waals surface area contributed by atoms with Crippen molar-refractivity contribution < 1.29 is 4.79 Å². The van der Waals surface area contributed by atoms with E-state index in [0.29, 0.717) is 0 Å². The maximum absolute atomic E-state index is 12.1. The van der Waals surface area contributed by atoms with Crippen LogP contribution in [0.4, 0.5) is 0 Å². The largest absolute Gasteiger partial charge is 0.338 e. The summed E-state index contributed by atoms with van der Waals surface area (Å²) in [5, 5.41) is 0. The van der Waals surface area contributed by atoms with Crippen LogP contribution in [-0.2, 0) is 4.79 Å². The summed E-state index contributed by atoms with van der Waals surface area (Å²) in [4.78, 5) is 14.0. The van der Waals surface area contributed by atoms with E-state index >= 15 is 0 Å². The van der Waals surface area contributed by atoms with Crippen molar-refractivity contribution in [2.45, 2.75) is 25.8 Å². The highest BCUT2D eigenvalue weighted by molar-refractivity contribution is 5.81. The molecule has 2 aliphatic rings. The van der Waals surface area contributed by atoms with Crippen molar-refractivity contribution in [1.82, 2.24) is 4.90 Å². The van der Waals surface area contributed by atoms with Crippen LogP contribution in [0.15, 0.2) is 23.8 Å². The third-order valence-electron chi connectivity index (χ3n) is 3.08. The maximum Gasteiger partial charge on any atom is 0.229 e.